The van der Waals surface area contributed by atoms with Crippen LogP contribution in [-0.4, -0.2) is 33.9 Å². The average molecular weight is 279 g/mol. The Morgan fingerprint density at radius 3 is 2.60 bits per heavy atom. The van der Waals surface area contributed by atoms with Crippen molar-refractivity contribution < 1.29 is 9.47 Å². The highest BCUT2D eigenvalue weighted by Crippen LogP contribution is 2.17. The van der Waals surface area contributed by atoms with Gasteiger partial charge in [0.1, 0.15) is 5.75 Å². The molecule has 0 amide bonds. The lowest BCUT2D eigenvalue weighted by atomic mass is 9.96. The van der Waals surface area contributed by atoms with Crippen LogP contribution >= 0.6 is 0 Å². The molecule has 20 heavy (non-hydrogen) atoms. The molecule has 0 aliphatic rings. The fourth-order valence-corrected chi connectivity index (χ4v) is 2.27. The molecule has 1 atom stereocenters. The van der Waals surface area contributed by atoms with Crippen molar-refractivity contribution in [2.75, 3.05) is 33.9 Å². The van der Waals surface area contributed by atoms with E-state index in [1.54, 1.807) is 14.2 Å². The molecule has 0 aliphatic heterocycles. The molecule has 114 valence electrons. The third kappa shape index (κ3) is 6.92. The monoisotopic (exact) mass is 279 g/mol. The van der Waals surface area contributed by atoms with Crippen LogP contribution in [0.1, 0.15) is 25.8 Å². The van der Waals surface area contributed by atoms with Crippen molar-refractivity contribution in [1.82, 2.24) is 5.32 Å². The van der Waals surface area contributed by atoms with E-state index < -0.39 is 0 Å². The molecule has 1 rings (SSSR count). The normalized spacial score (nSPS) is 12.7. The zero-order valence-electron chi connectivity index (χ0n) is 13.3. The highest BCUT2D eigenvalue weighted by Gasteiger charge is 2.10. The Hall–Kier alpha value is -1.06. The molecule has 1 aromatic rings. The summed E-state index contributed by atoms with van der Waals surface area (Å²) in [6, 6.07) is 8.35. The number of benzene rings is 1. The van der Waals surface area contributed by atoms with Crippen LogP contribution in [0.15, 0.2) is 24.3 Å². The van der Waals surface area contributed by atoms with Crippen molar-refractivity contribution in [3.05, 3.63) is 29.8 Å². The van der Waals surface area contributed by atoms with Crippen molar-refractivity contribution in [3.63, 3.8) is 0 Å². The number of nitrogens with one attached hydrogen (secondary N) is 1. The predicted octanol–water partition coefficient (Wildman–Crippen LogP) is 3.14. The average Bonchev–Trinajstić information content (AvgIpc) is 2.44. The molecule has 0 heterocycles. The van der Waals surface area contributed by atoms with E-state index >= 15 is 0 Å². The van der Waals surface area contributed by atoms with Crippen LogP contribution in [0.4, 0.5) is 0 Å². The molecule has 3 nitrogen and oxygen atoms in total. The van der Waals surface area contributed by atoms with Crippen LogP contribution in [0.5, 0.6) is 5.75 Å². The van der Waals surface area contributed by atoms with Gasteiger partial charge in [0.25, 0.3) is 0 Å². The van der Waals surface area contributed by atoms with Crippen molar-refractivity contribution in [2.24, 2.45) is 11.8 Å². The smallest absolute Gasteiger partial charge is 0.119 e. The first-order chi connectivity index (χ1) is 9.65. The first-order valence-corrected chi connectivity index (χ1v) is 7.48. The van der Waals surface area contributed by atoms with E-state index in [1.807, 2.05) is 6.07 Å². The summed E-state index contributed by atoms with van der Waals surface area (Å²) in [4.78, 5) is 0. The summed E-state index contributed by atoms with van der Waals surface area (Å²) in [5.74, 6) is 2.22. The molecule has 1 unspecified atom stereocenters. The third-order valence-electron chi connectivity index (χ3n) is 3.37. The van der Waals surface area contributed by atoms with Crippen LogP contribution in [0.2, 0.25) is 0 Å². The minimum Gasteiger partial charge on any atom is -0.497 e. The Balaban J connectivity index is 2.53. The highest BCUT2D eigenvalue weighted by atomic mass is 16.5. The Morgan fingerprint density at radius 2 is 1.95 bits per heavy atom. The zero-order valence-corrected chi connectivity index (χ0v) is 13.3. The quantitative estimate of drug-likeness (QED) is 0.714. The Kier molecular flexibility index (Phi) is 8.31. The summed E-state index contributed by atoms with van der Waals surface area (Å²) in [7, 11) is 3.48. The van der Waals surface area contributed by atoms with Gasteiger partial charge < -0.3 is 14.8 Å². The topological polar surface area (TPSA) is 30.5 Å². The van der Waals surface area contributed by atoms with Crippen LogP contribution in [0, 0.1) is 11.8 Å². The first-order valence-electron chi connectivity index (χ1n) is 7.48. The number of hydrogen-bond acceptors (Lipinski definition) is 3. The molecule has 1 aromatic carbocycles. The molecule has 0 radical (unpaired) electrons. The summed E-state index contributed by atoms with van der Waals surface area (Å²) in [5, 5.41) is 3.56. The molecular weight excluding hydrogens is 250 g/mol. The summed E-state index contributed by atoms with van der Waals surface area (Å²) >= 11 is 0. The molecule has 3 heteroatoms. The number of methoxy groups -OCH3 is 2. The van der Waals surface area contributed by atoms with E-state index in [0.717, 1.165) is 38.3 Å². The Bertz CT molecular complexity index is 366. The minimum absolute atomic E-state index is 0.598. The second-order valence-electron chi connectivity index (χ2n) is 5.76. The summed E-state index contributed by atoms with van der Waals surface area (Å²) < 4.78 is 10.5. The first kappa shape index (κ1) is 17.0. The molecule has 0 fully saturated rings. The molecule has 0 saturated carbocycles. The van der Waals surface area contributed by atoms with Gasteiger partial charge in [0.05, 0.1) is 7.11 Å². The molecule has 0 aliphatic carbocycles. The van der Waals surface area contributed by atoms with Gasteiger partial charge in [-0.2, -0.15) is 0 Å². The van der Waals surface area contributed by atoms with E-state index in [-0.39, 0.29) is 0 Å². The van der Waals surface area contributed by atoms with E-state index in [4.69, 9.17) is 9.47 Å². The minimum atomic E-state index is 0.598. The SMILES string of the molecule is COCCC(CNCC(C)C)Cc1cccc(OC)c1. The van der Waals surface area contributed by atoms with Gasteiger partial charge in [0.2, 0.25) is 0 Å². The number of hydrogen-bond donors (Lipinski definition) is 1. The number of rotatable bonds is 10. The van der Waals surface area contributed by atoms with E-state index in [0.29, 0.717) is 11.8 Å². The van der Waals surface area contributed by atoms with Crippen LogP contribution in [0.3, 0.4) is 0 Å². The number of ether oxygens (including phenoxy) is 2. The van der Waals surface area contributed by atoms with Crippen molar-refractivity contribution >= 4 is 0 Å². The summed E-state index contributed by atoms with van der Waals surface area (Å²) in [6.07, 6.45) is 2.14. The van der Waals surface area contributed by atoms with Crippen molar-refractivity contribution in [3.8, 4) is 5.75 Å². The predicted molar refractivity (Wildman–Crippen MR) is 84.4 cm³/mol. The lowest BCUT2D eigenvalue weighted by molar-refractivity contribution is 0.176. The molecular formula is C17H29NO2. The molecule has 1 N–H and O–H groups in total. The highest BCUT2D eigenvalue weighted by molar-refractivity contribution is 5.28. The van der Waals surface area contributed by atoms with Gasteiger partial charge in [-0.1, -0.05) is 26.0 Å². The largest absolute Gasteiger partial charge is 0.497 e. The third-order valence-corrected chi connectivity index (χ3v) is 3.37. The second kappa shape index (κ2) is 9.78. The van der Waals surface area contributed by atoms with Gasteiger partial charge in [-0.05, 0) is 55.5 Å². The lowest BCUT2D eigenvalue weighted by Gasteiger charge is -2.18. The molecule has 0 aromatic heterocycles. The van der Waals surface area contributed by atoms with E-state index in [2.05, 4.69) is 37.4 Å². The van der Waals surface area contributed by atoms with Gasteiger partial charge in [-0.25, -0.2) is 0 Å². The Labute approximate surface area is 123 Å². The van der Waals surface area contributed by atoms with Gasteiger partial charge in [-0.3, -0.25) is 0 Å². The maximum Gasteiger partial charge on any atom is 0.119 e. The van der Waals surface area contributed by atoms with Crippen molar-refractivity contribution in [1.29, 1.82) is 0 Å². The molecule has 0 spiro atoms. The van der Waals surface area contributed by atoms with Crippen LogP contribution < -0.4 is 10.1 Å². The van der Waals surface area contributed by atoms with Gasteiger partial charge in [0.15, 0.2) is 0 Å². The fourth-order valence-electron chi connectivity index (χ4n) is 2.27. The fraction of sp³-hybridized carbons (Fsp3) is 0.647. The standard InChI is InChI=1S/C17H29NO2/c1-14(2)12-18-13-16(8-9-19-3)10-15-6-5-7-17(11-15)20-4/h5-7,11,14,16,18H,8-10,12-13H2,1-4H3. The van der Waals surface area contributed by atoms with Gasteiger partial charge in [-0.15, -0.1) is 0 Å². The molecule has 0 saturated heterocycles. The summed E-state index contributed by atoms with van der Waals surface area (Å²) in [5.41, 5.74) is 1.33. The Morgan fingerprint density at radius 1 is 1.15 bits per heavy atom. The van der Waals surface area contributed by atoms with Gasteiger partial charge >= 0.3 is 0 Å². The maximum atomic E-state index is 5.29. The maximum absolute atomic E-state index is 5.29. The summed E-state index contributed by atoms with van der Waals surface area (Å²) in [6.45, 7) is 7.40. The van der Waals surface area contributed by atoms with Crippen LogP contribution in [-0.2, 0) is 11.2 Å². The van der Waals surface area contributed by atoms with Gasteiger partial charge in [0, 0.05) is 13.7 Å². The lowest BCUT2D eigenvalue weighted by Crippen LogP contribution is -2.28. The second-order valence-corrected chi connectivity index (χ2v) is 5.76. The molecule has 0 bridgehead atoms. The van der Waals surface area contributed by atoms with E-state index in [9.17, 15) is 0 Å². The van der Waals surface area contributed by atoms with Crippen molar-refractivity contribution in [2.45, 2.75) is 26.7 Å². The zero-order chi connectivity index (χ0) is 14.8. The van der Waals surface area contributed by atoms with E-state index in [1.165, 1.54) is 5.56 Å². The van der Waals surface area contributed by atoms with Crippen LogP contribution in [0.25, 0.3) is 0 Å².